The Kier molecular flexibility index (Phi) is 6.87. The number of anilines is 1. The highest BCUT2D eigenvalue weighted by atomic mass is 35.5. The van der Waals surface area contributed by atoms with Crippen molar-refractivity contribution in [1.82, 2.24) is 9.21 Å². The molecule has 2 aliphatic rings. The van der Waals surface area contributed by atoms with Gasteiger partial charge in [-0.15, -0.1) is 0 Å². The lowest BCUT2D eigenvalue weighted by Gasteiger charge is -2.39. The molecule has 33 heavy (non-hydrogen) atoms. The minimum atomic E-state index is -3.68. The van der Waals surface area contributed by atoms with Crippen molar-refractivity contribution in [3.05, 3.63) is 63.7 Å². The minimum absolute atomic E-state index is 0.0191. The van der Waals surface area contributed by atoms with Crippen molar-refractivity contribution in [2.75, 3.05) is 44.2 Å². The summed E-state index contributed by atoms with van der Waals surface area (Å²) in [6, 6.07) is 12.5. The highest BCUT2D eigenvalue weighted by molar-refractivity contribution is 7.89. The molecular formula is C22H25ClN4O5S. The van der Waals surface area contributed by atoms with Crippen molar-refractivity contribution in [2.24, 2.45) is 5.92 Å². The van der Waals surface area contributed by atoms with E-state index in [0.29, 0.717) is 50.6 Å². The number of nitrogens with zero attached hydrogens (tertiary/aromatic N) is 4. The van der Waals surface area contributed by atoms with Crippen LogP contribution in [0.15, 0.2) is 53.4 Å². The van der Waals surface area contributed by atoms with Gasteiger partial charge in [-0.1, -0.05) is 11.6 Å². The summed E-state index contributed by atoms with van der Waals surface area (Å²) in [6.45, 7) is 2.84. The van der Waals surface area contributed by atoms with Crippen LogP contribution in [0.4, 0.5) is 11.4 Å². The summed E-state index contributed by atoms with van der Waals surface area (Å²) in [4.78, 5) is 27.6. The minimum Gasteiger partial charge on any atom is -0.368 e. The second-order valence-corrected chi connectivity index (χ2v) is 10.6. The Bertz CT molecular complexity index is 1120. The molecule has 0 spiro atoms. The van der Waals surface area contributed by atoms with Crippen LogP contribution in [0.1, 0.15) is 12.8 Å². The normalized spacial score (nSPS) is 20.0. The maximum absolute atomic E-state index is 13.2. The third-order valence-electron chi connectivity index (χ3n) is 6.20. The maximum Gasteiger partial charge on any atom is 0.269 e. The van der Waals surface area contributed by atoms with Crippen LogP contribution in [0, 0.1) is 16.0 Å². The molecule has 0 aliphatic carbocycles. The van der Waals surface area contributed by atoms with Gasteiger partial charge in [-0.3, -0.25) is 14.9 Å². The fraction of sp³-hybridized carbons (Fsp3) is 0.409. The quantitative estimate of drug-likeness (QED) is 0.469. The number of carbonyl (C=O) groups is 1. The molecule has 9 nitrogen and oxygen atoms in total. The molecule has 1 amide bonds. The molecule has 2 aromatic rings. The zero-order chi connectivity index (χ0) is 23.6. The molecule has 1 unspecified atom stereocenters. The van der Waals surface area contributed by atoms with Crippen LogP contribution in [-0.2, 0) is 14.8 Å². The average molecular weight is 493 g/mol. The Hall–Kier alpha value is -2.69. The van der Waals surface area contributed by atoms with E-state index in [1.807, 2.05) is 0 Å². The van der Waals surface area contributed by atoms with E-state index >= 15 is 0 Å². The summed E-state index contributed by atoms with van der Waals surface area (Å²) in [5.41, 5.74) is 0.925. The van der Waals surface area contributed by atoms with Crippen LogP contribution in [0.5, 0.6) is 0 Å². The molecule has 2 aromatic carbocycles. The number of piperidine rings is 1. The monoisotopic (exact) mass is 492 g/mol. The Labute approximate surface area is 197 Å². The number of nitro groups is 1. The van der Waals surface area contributed by atoms with Crippen molar-refractivity contribution >= 4 is 38.9 Å². The van der Waals surface area contributed by atoms with Gasteiger partial charge in [-0.25, -0.2) is 8.42 Å². The van der Waals surface area contributed by atoms with Crippen LogP contribution in [0.2, 0.25) is 5.02 Å². The lowest BCUT2D eigenvalue weighted by Crippen LogP contribution is -2.53. The molecule has 2 saturated heterocycles. The van der Waals surface area contributed by atoms with Gasteiger partial charge in [0, 0.05) is 62.1 Å². The molecule has 0 bridgehead atoms. The summed E-state index contributed by atoms with van der Waals surface area (Å²) >= 11 is 5.88. The van der Waals surface area contributed by atoms with Crippen LogP contribution in [-0.4, -0.2) is 67.7 Å². The fourth-order valence-electron chi connectivity index (χ4n) is 4.35. The first kappa shape index (κ1) is 23.5. The predicted octanol–water partition coefficient (Wildman–Crippen LogP) is 3.00. The summed E-state index contributed by atoms with van der Waals surface area (Å²) < 4.78 is 27.4. The number of rotatable bonds is 5. The Morgan fingerprint density at radius 3 is 2.21 bits per heavy atom. The molecule has 176 valence electrons. The van der Waals surface area contributed by atoms with E-state index in [1.54, 1.807) is 29.2 Å². The lowest BCUT2D eigenvalue weighted by molar-refractivity contribution is -0.384. The third kappa shape index (κ3) is 5.13. The molecular weight excluding hydrogens is 468 g/mol. The van der Waals surface area contributed by atoms with Gasteiger partial charge >= 0.3 is 0 Å². The standard InChI is InChI=1S/C22H25ClN4O5S/c23-18-3-9-21(10-4-18)33(31,32)26-11-1-2-17(16-26)22(28)25-14-12-24(13-15-25)19-5-7-20(8-6-19)27(29)30/h3-10,17H,1-2,11-16H2. The van der Waals surface area contributed by atoms with E-state index in [2.05, 4.69) is 4.90 Å². The zero-order valence-corrected chi connectivity index (χ0v) is 19.5. The molecule has 4 rings (SSSR count). The van der Waals surface area contributed by atoms with Gasteiger partial charge in [0.15, 0.2) is 0 Å². The molecule has 0 radical (unpaired) electrons. The number of non-ortho nitro benzene ring substituents is 1. The number of hydrogen-bond acceptors (Lipinski definition) is 6. The summed E-state index contributed by atoms with van der Waals surface area (Å²) in [5.74, 6) is -0.388. The summed E-state index contributed by atoms with van der Waals surface area (Å²) in [6.07, 6.45) is 1.29. The highest BCUT2D eigenvalue weighted by Crippen LogP contribution is 2.27. The smallest absolute Gasteiger partial charge is 0.269 e. The van der Waals surface area contributed by atoms with Crippen molar-refractivity contribution in [3.8, 4) is 0 Å². The van der Waals surface area contributed by atoms with E-state index in [4.69, 9.17) is 11.6 Å². The second kappa shape index (κ2) is 9.66. The first-order chi connectivity index (χ1) is 15.8. The van der Waals surface area contributed by atoms with Crippen LogP contribution in [0.25, 0.3) is 0 Å². The van der Waals surface area contributed by atoms with Gasteiger partial charge < -0.3 is 9.80 Å². The lowest BCUT2D eigenvalue weighted by atomic mass is 9.97. The Morgan fingerprint density at radius 2 is 1.61 bits per heavy atom. The van der Waals surface area contributed by atoms with Crippen LogP contribution >= 0.6 is 11.6 Å². The second-order valence-electron chi connectivity index (χ2n) is 8.24. The van der Waals surface area contributed by atoms with E-state index in [-0.39, 0.29) is 29.0 Å². The number of hydrogen-bond donors (Lipinski definition) is 0. The number of carbonyl (C=O) groups excluding carboxylic acids is 1. The van der Waals surface area contributed by atoms with Crippen molar-refractivity contribution in [1.29, 1.82) is 0 Å². The van der Waals surface area contributed by atoms with Crippen molar-refractivity contribution in [2.45, 2.75) is 17.7 Å². The van der Waals surface area contributed by atoms with Crippen molar-refractivity contribution in [3.63, 3.8) is 0 Å². The first-order valence-electron chi connectivity index (χ1n) is 10.8. The zero-order valence-electron chi connectivity index (χ0n) is 18.0. The Balaban J connectivity index is 1.36. The maximum atomic E-state index is 13.2. The van der Waals surface area contributed by atoms with Gasteiger partial charge in [0.05, 0.1) is 15.7 Å². The SMILES string of the molecule is O=C(C1CCCN(S(=O)(=O)c2ccc(Cl)cc2)C1)N1CCN(c2ccc([N+](=O)[O-])cc2)CC1. The number of nitro benzene ring substituents is 1. The van der Waals surface area contributed by atoms with E-state index < -0.39 is 14.9 Å². The molecule has 2 heterocycles. The van der Waals surface area contributed by atoms with E-state index in [9.17, 15) is 23.3 Å². The molecule has 1 atom stereocenters. The summed E-state index contributed by atoms with van der Waals surface area (Å²) in [5, 5.41) is 11.3. The topological polar surface area (TPSA) is 104 Å². The van der Waals surface area contributed by atoms with Gasteiger partial charge in [0.25, 0.3) is 5.69 Å². The van der Waals surface area contributed by atoms with Crippen LogP contribution in [0.3, 0.4) is 0 Å². The van der Waals surface area contributed by atoms with Crippen LogP contribution < -0.4 is 4.90 Å². The number of sulfonamides is 1. The molecule has 0 aromatic heterocycles. The molecule has 2 aliphatic heterocycles. The van der Waals surface area contributed by atoms with Gasteiger partial charge in [0.2, 0.25) is 15.9 Å². The van der Waals surface area contributed by atoms with E-state index in [0.717, 1.165) is 5.69 Å². The molecule has 0 saturated carbocycles. The first-order valence-corrected chi connectivity index (χ1v) is 12.6. The van der Waals surface area contributed by atoms with Gasteiger partial charge in [-0.2, -0.15) is 4.31 Å². The highest BCUT2D eigenvalue weighted by Gasteiger charge is 2.35. The number of benzene rings is 2. The molecule has 2 fully saturated rings. The van der Waals surface area contributed by atoms with Gasteiger partial charge in [0.1, 0.15) is 0 Å². The number of halogens is 1. The average Bonchev–Trinajstić information content (AvgIpc) is 2.84. The predicted molar refractivity (Wildman–Crippen MR) is 125 cm³/mol. The van der Waals surface area contributed by atoms with E-state index in [1.165, 1.54) is 28.6 Å². The van der Waals surface area contributed by atoms with Gasteiger partial charge in [-0.05, 0) is 49.2 Å². The number of piperazine rings is 1. The molecule has 0 N–H and O–H groups in total. The number of amides is 1. The summed E-state index contributed by atoms with van der Waals surface area (Å²) in [7, 11) is -3.68. The Morgan fingerprint density at radius 1 is 0.970 bits per heavy atom. The largest absolute Gasteiger partial charge is 0.368 e. The molecule has 11 heteroatoms. The third-order valence-corrected chi connectivity index (χ3v) is 8.33. The van der Waals surface area contributed by atoms with Crippen molar-refractivity contribution < 1.29 is 18.1 Å². The fourth-order valence-corrected chi connectivity index (χ4v) is 6.00.